The van der Waals surface area contributed by atoms with Crippen LogP contribution in [0.4, 0.5) is 0 Å². The van der Waals surface area contributed by atoms with Crippen LogP contribution in [-0.4, -0.2) is 31.3 Å². The number of benzene rings is 1. The quantitative estimate of drug-likeness (QED) is 0.634. The molecule has 2 aromatic rings. The third kappa shape index (κ3) is 2.31. The van der Waals surface area contributed by atoms with Crippen molar-refractivity contribution in [2.75, 3.05) is 12.4 Å². The number of fused-ring (bicyclic) bond motifs is 2. The second-order valence-electron chi connectivity index (χ2n) is 3.18. The van der Waals surface area contributed by atoms with Crippen LogP contribution < -0.4 is 0 Å². The maximum absolute atomic E-state index is 11.4. The summed E-state index contributed by atoms with van der Waals surface area (Å²) in [6.07, 6.45) is 0. The number of esters is 1. The Labute approximate surface area is 90.9 Å². The Hall–Kier alpha value is -1.60. The number of ether oxygens (including phenoxy) is 1. The van der Waals surface area contributed by atoms with E-state index in [0.717, 1.165) is 0 Å². The second kappa shape index (κ2) is 3.76. The average molecular weight is 244 g/mol. The van der Waals surface area contributed by atoms with Gasteiger partial charge in [-0.15, -0.1) is 0 Å². The summed E-state index contributed by atoms with van der Waals surface area (Å²) < 4.78 is 38.9. The lowest BCUT2D eigenvalue weighted by atomic mass is 10.2. The van der Waals surface area contributed by atoms with Crippen LogP contribution in [0.1, 0.15) is 10.4 Å². The van der Waals surface area contributed by atoms with Crippen LogP contribution in [-0.2, 0) is 14.9 Å². The lowest BCUT2D eigenvalue weighted by molar-refractivity contribution is 0.0530. The molecule has 0 aromatic carbocycles. The van der Waals surface area contributed by atoms with Crippen molar-refractivity contribution < 1.29 is 26.9 Å². The molecular formula is C9H8O6S. The van der Waals surface area contributed by atoms with E-state index in [-0.39, 0.29) is 12.2 Å². The van der Waals surface area contributed by atoms with Gasteiger partial charge >= 0.3 is 5.97 Å². The molecule has 0 atom stereocenters. The fraction of sp³-hybridized carbons (Fsp3) is 0.222. The Balaban J connectivity index is 1.96. The zero-order valence-corrected chi connectivity index (χ0v) is 8.86. The van der Waals surface area contributed by atoms with E-state index >= 15 is 0 Å². The van der Waals surface area contributed by atoms with Gasteiger partial charge in [0, 0.05) is 0 Å². The molecule has 6 nitrogen and oxygen atoms in total. The Morgan fingerprint density at radius 2 is 2.19 bits per heavy atom. The van der Waals surface area contributed by atoms with Crippen molar-refractivity contribution in [3.63, 3.8) is 0 Å². The van der Waals surface area contributed by atoms with Crippen molar-refractivity contribution in [1.29, 1.82) is 0 Å². The highest BCUT2D eigenvalue weighted by Crippen LogP contribution is 2.22. The normalized spacial score (nSPS) is 12.1. The van der Waals surface area contributed by atoms with Crippen LogP contribution in [0, 0.1) is 0 Å². The number of hydrogen-bond donors (Lipinski definition) is 1. The molecule has 2 bridgehead atoms. The summed E-state index contributed by atoms with van der Waals surface area (Å²) in [4.78, 5) is 11.4. The van der Waals surface area contributed by atoms with Crippen LogP contribution in [0.5, 0.6) is 0 Å². The molecule has 0 spiro atoms. The molecule has 0 radical (unpaired) electrons. The van der Waals surface area contributed by atoms with Gasteiger partial charge in [-0.05, 0) is 18.2 Å². The summed E-state index contributed by atoms with van der Waals surface area (Å²) in [7, 11) is -4.11. The molecule has 0 amide bonds. The Morgan fingerprint density at radius 3 is 2.69 bits per heavy atom. The molecule has 1 N–H and O–H groups in total. The van der Waals surface area contributed by atoms with E-state index < -0.39 is 21.8 Å². The average Bonchev–Trinajstić information content (AvgIpc) is 2.76. The number of rotatable bonds is 4. The molecule has 0 aliphatic heterocycles. The summed E-state index contributed by atoms with van der Waals surface area (Å²) in [5.74, 6) is -1.28. The summed E-state index contributed by atoms with van der Waals surface area (Å²) in [5, 5.41) is 0. The van der Waals surface area contributed by atoms with Crippen molar-refractivity contribution in [2.24, 2.45) is 0 Å². The molecule has 0 aliphatic rings. The van der Waals surface area contributed by atoms with E-state index in [9.17, 15) is 13.2 Å². The molecular weight excluding hydrogens is 236 g/mol. The fourth-order valence-corrected chi connectivity index (χ4v) is 1.56. The highest BCUT2D eigenvalue weighted by atomic mass is 32.2. The van der Waals surface area contributed by atoms with Crippen LogP contribution >= 0.6 is 0 Å². The van der Waals surface area contributed by atoms with Crippen molar-refractivity contribution in [2.45, 2.75) is 0 Å². The minimum absolute atomic E-state index is 0.257. The summed E-state index contributed by atoms with van der Waals surface area (Å²) in [5.41, 5.74) is 1.21. The molecule has 0 saturated carbocycles. The number of hydrogen-bond acceptors (Lipinski definition) is 5. The van der Waals surface area contributed by atoms with E-state index in [1.807, 2.05) is 0 Å². The highest BCUT2D eigenvalue weighted by Gasteiger charge is 2.16. The van der Waals surface area contributed by atoms with E-state index in [1.165, 1.54) is 6.07 Å². The first-order valence-electron chi connectivity index (χ1n) is 4.40. The van der Waals surface area contributed by atoms with Gasteiger partial charge in [-0.3, -0.25) is 4.55 Å². The van der Waals surface area contributed by atoms with Crippen molar-refractivity contribution in [3.8, 4) is 0 Å². The van der Waals surface area contributed by atoms with Gasteiger partial charge in [0.05, 0.1) is 0 Å². The lowest BCUT2D eigenvalue weighted by Crippen LogP contribution is -2.14. The van der Waals surface area contributed by atoms with Crippen molar-refractivity contribution in [3.05, 3.63) is 23.8 Å². The Morgan fingerprint density at radius 1 is 1.44 bits per heavy atom. The molecule has 2 rings (SSSR count). The maximum Gasteiger partial charge on any atom is 0.342 e. The number of carbonyl (C=O) groups is 1. The maximum atomic E-state index is 11.4. The standard InChI is InChI=1S/C9H8O6S/c10-9(14-3-4-16(11,12)13)7-5-6-1-2-8(7)15-6/h1-2,5H,3-4H2,(H,11,12,13). The van der Waals surface area contributed by atoms with E-state index in [4.69, 9.17) is 8.97 Å². The SMILES string of the molecule is O=C(OCCS(=O)(=O)O)c1cc2ccc1o2. The third-order valence-electron chi connectivity index (χ3n) is 1.97. The molecule has 0 fully saturated rings. The predicted molar refractivity (Wildman–Crippen MR) is 54.1 cm³/mol. The predicted octanol–water partition coefficient (Wildman–Crippen LogP) is 0.915. The van der Waals surface area contributed by atoms with Crippen LogP contribution in [0.15, 0.2) is 22.6 Å². The van der Waals surface area contributed by atoms with Gasteiger partial charge in [0.1, 0.15) is 29.1 Å². The number of carbonyl (C=O) groups excluding carboxylic acids is 1. The summed E-state index contributed by atoms with van der Waals surface area (Å²) >= 11 is 0. The second-order valence-corrected chi connectivity index (χ2v) is 4.75. The van der Waals surface area contributed by atoms with Crippen LogP contribution in [0.2, 0.25) is 0 Å². The summed E-state index contributed by atoms with van der Waals surface area (Å²) in [6, 6.07) is 4.82. The molecule has 86 valence electrons. The first-order chi connectivity index (χ1) is 7.46. The zero-order valence-electron chi connectivity index (χ0n) is 8.04. The minimum atomic E-state index is -4.11. The van der Waals surface area contributed by atoms with Gasteiger partial charge in [-0.1, -0.05) is 0 Å². The monoisotopic (exact) mass is 244 g/mol. The molecule has 2 heterocycles. The lowest BCUT2D eigenvalue weighted by Gasteiger charge is -2.01. The van der Waals surface area contributed by atoms with Gasteiger partial charge in [0.15, 0.2) is 0 Å². The molecule has 7 heteroatoms. The van der Waals surface area contributed by atoms with Crippen LogP contribution in [0.25, 0.3) is 11.2 Å². The molecule has 0 aliphatic carbocycles. The fourth-order valence-electron chi connectivity index (χ4n) is 1.27. The Bertz CT molecular complexity index is 596. The topological polar surface area (TPSA) is 93.8 Å². The molecule has 0 saturated heterocycles. The Kier molecular flexibility index (Phi) is 2.56. The summed E-state index contributed by atoms with van der Waals surface area (Å²) in [6.45, 7) is -0.388. The molecule has 2 aromatic heterocycles. The molecule has 16 heavy (non-hydrogen) atoms. The van der Waals surface area contributed by atoms with Crippen molar-refractivity contribution in [1.82, 2.24) is 0 Å². The molecule has 0 unspecified atom stereocenters. The smallest absolute Gasteiger partial charge is 0.342 e. The van der Waals surface area contributed by atoms with Gasteiger partial charge in [0.2, 0.25) is 0 Å². The van der Waals surface area contributed by atoms with Gasteiger partial charge in [-0.2, -0.15) is 8.42 Å². The van der Waals surface area contributed by atoms with Gasteiger partial charge < -0.3 is 9.15 Å². The first kappa shape index (κ1) is 10.9. The zero-order chi connectivity index (χ0) is 11.8. The van der Waals surface area contributed by atoms with Crippen LogP contribution in [0.3, 0.4) is 0 Å². The van der Waals surface area contributed by atoms with E-state index in [0.29, 0.717) is 11.2 Å². The third-order valence-corrected chi connectivity index (χ3v) is 2.66. The minimum Gasteiger partial charge on any atom is -0.461 e. The largest absolute Gasteiger partial charge is 0.461 e. The van der Waals surface area contributed by atoms with E-state index in [2.05, 4.69) is 4.74 Å². The van der Waals surface area contributed by atoms with E-state index in [1.54, 1.807) is 12.1 Å². The number of furan rings is 2. The van der Waals surface area contributed by atoms with Gasteiger partial charge in [-0.25, -0.2) is 4.79 Å². The first-order valence-corrected chi connectivity index (χ1v) is 6.01. The van der Waals surface area contributed by atoms with Crippen molar-refractivity contribution >= 4 is 27.3 Å². The highest BCUT2D eigenvalue weighted by molar-refractivity contribution is 7.85. The van der Waals surface area contributed by atoms with Gasteiger partial charge in [0.25, 0.3) is 10.1 Å².